The van der Waals surface area contributed by atoms with Crippen LogP contribution in [-0.4, -0.2) is 41.3 Å². The number of alkyl halides is 3. The van der Waals surface area contributed by atoms with E-state index in [1.807, 2.05) is 0 Å². The molecule has 2 N–H and O–H groups in total. The van der Waals surface area contributed by atoms with Crippen molar-refractivity contribution < 1.29 is 27.7 Å². The van der Waals surface area contributed by atoms with E-state index in [-0.39, 0.29) is 28.6 Å². The molecule has 0 saturated carbocycles. The number of likely N-dealkylation sites (N-methyl/N-ethyl adjacent to an activating group) is 1. The topological polar surface area (TPSA) is 105 Å². The number of carbonyl (C=O) groups excluding carboxylic acids is 2. The van der Waals surface area contributed by atoms with Crippen LogP contribution >= 0.6 is 23.2 Å². The molecule has 0 radical (unpaired) electrons. The minimum Gasteiger partial charge on any atom is -0.325 e. The molecule has 0 unspecified atom stereocenters. The summed E-state index contributed by atoms with van der Waals surface area (Å²) in [5.41, 5.74) is -1.45. The van der Waals surface area contributed by atoms with Crippen LogP contribution in [0.5, 0.6) is 0 Å². The Hall–Kier alpha value is -2.89. The Morgan fingerprint density at radius 3 is 2.34 bits per heavy atom. The fourth-order valence-corrected chi connectivity index (χ4v) is 2.93. The highest BCUT2D eigenvalue weighted by atomic mass is 35.5. The Morgan fingerprint density at radius 2 is 1.75 bits per heavy atom. The number of anilines is 2. The molecule has 172 valence electrons. The molecule has 0 bridgehead atoms. The summed E-state index contributed by atoms with van der Waals surface area (Å²) < 4.78 is 38.9. The van der Waals surface area contributed by atoms with Gasteiger partial charge >= 0.3 is 6.18 Å². The average Bonchev–Trinajstić information content (AvgIpc) is 2.69. The van der Waals surface area contributed by atoms with Crippen molar-refractivity contribution in [3.05, 3.63) is 62.1 Å². The second kappa shape index (κ2) is 10.2. The van der Waals surface area contributed by atoms with Gasteiger partial charge in [-0.15, -0.1) is 0 Å². The lowest BCUT2D eigenvalue weighted by Gasteiger charge is -2.23. The predicted molar refractivity (Wildman–Crippen MR) is 114 cm³/mol. The Labute approximate surface area is 190 Å². The Kier molecular flexibility index (Phi) is 8.05. The molecule has 0 spiro atoms. The minimum absolute atomic E-state index is 0.0245. The molecule has 0 aliphatic carbocycles. The van der Waals surface area contributed by atoms with Crippen molar-refractivity contribution in [3.63, 3.8) is 0 Å². The summed E-state index contributed by atoms with van der Waals surface area (Å²) in [5, 5.41) is 15.2. The van der Waals surface area contributed by atoms with Crippen LogP contribution in [0.3, 0.4) is 0 Å². The molecule has 13 heteroatoms. The van der Waals surface area contributed by atoms with E-state index in [9.17, 15) is 32.9 Å². The van der Waals surface area contributed by atoms with Crippen molar-refractivity contribution in [3.8, 4) is 0 Å². The number of halogens is 5. The zero-order chi connectivity index (χ0) is 24.2. The number of hydrogen-bond acceptors (Lipinski definition) is 5. The third-order valence-electron chi connectivity index (χ3n) is 4.41. The van der Waals surface area contributed by atoms with Crippen LogP contribution in [0, 0.1) is 10.1 Å². The molecular weight excluding hydrogens is 476 g/mol. The third kappa shape index (κ3) is 6.55. The van der Waals surface area contributed by atoms with Crippen molar-refractivity contribution in [2.75, 3.05) is 24.2 Å². The fourth-order valence-electron chi connectivity index (χ4n) is 2.54. The zero-order valence-corrected chi connectivity index (χ0v) is 18.2. The maximum atomic E-state index is 13.0. The summed E-state index contributed by atoms with van der Waals surface area (Å²) in [7, 11) is 1.45. The Bertz CT molecular complexity index is 1050. The molecule has 0 aliphatic rings. The molecule has 8 nitrogen and oxygen atoms in total. The van der Waals surface area contributed by atoms with Gasteiger partial charge in [-0.05, 0) is 38.2 Å². The SMILES string of the molecule is C[C@H](C(=O)Nc1cc([N+](=O)[O-])ccc1Cl)N(C)CC(=O)Nc1ccc(Cl)c(C(F)(F)F)c1. The van der Waals surface area contributed by atoms with Crippen molar-refractivity contribution in [1.29, 1.82) is 0 Å². The largest absolute Gasteiger partial charge is 0.417 e. The molecule has 2 aromatic rings. The number of carbonyl (C=O) groups is 2. The molecule has 0 saturated heterocycles. The highest BCUT2D eigenvalue weighted by Crippen LogP contribution is 2.36. The summed E-state index contributed by atoms with van der Waals surface area (Å²) in [5.74, 6) is -1.27. The van der Waals surface area contributed by atoms with E-state index >= 15 is 0 Å². The number of amides is 2. The van der Waals surface area contributed by atoms with Crippen molar-refractivity contribution in [1.82, 2.24) is 4.90 Å². The van der Waals surface area contributed by atoms with Gasteiger partial charge in [-0.1, -0.05) is 23.2 Å². The van der Waals surface area contributed by atoms with E-state index in [4.69, 9.17) is 23.2 Å². The quantitative estimate of drug-likeness (QED) is 0.425. The summed E-state index contributed by atoms with van der Waals surface area (Å²) in [4.78, 5) is 36.3. The molecule has 2 amide bonds. The molecule has 0 aromatic heterocycles. The lowest BCUT2D eigenvalue weighted by atomic mass is 10.2. The van der Waals surface area contributed by atoms with Crippen LogP contribution in [0.4, 0.5) is 30.2 Å². The third-order valence-corrected chi connectivity index (χ3v) is 5.07. The number of rotatable bonds is 7. The van der Waals surface area contributed by atoms with E-state index in [0.717, 1.165) is 12.1 Å². The first-order valence-corrected chi connectivity index (χ1v) is 9.67. The van der Waals surface area contributed by atoms with Gasteiger partial charge in [-0.2, -0.15) is 13.2 Å². The molecular formula is C19H17Cl2F3N4O4. The number of non-ortho nitro benzene ring substituents is 1. The number of hydrogen-bond donors (Lipinski definition) is 2. The number of benzene rings is 2. The van der Waals surface area contributed by atoms with Gasteiger partial charge in [-0.25, -0.2) is 0 Å². The Balaban J connectivity index is 2.02. The summed E-state index contributed by atoms with van der Waals surface area (Å²) >= 11 is 11.5. The minimum atomic E-state index is -4.69. The van der Waals surface area contributed by atoms with Gasteiger partial charge in [0.25, 0.3) is 5.69 Å². The normalized spacial score (nSPS) is 12.4. The van der Waals surface area contributed by atoms with Gasteiger partial charge in [0.2, 0.25) is 11.8 Å². The van der Waals surface area contributed by atoms with Crippen molar-refractivity contribution in [2.45, 2.75) is 19.1 Å². The first-order chi connectivity index (χ1) is 14.8. The van der Waals surface area contributed by atoms with Gasteiger partial charge in [0.1, 0.15) is 0 Å². The summed E-state index contributed by atoms with van der Waals surface area (Å²) in [6, 6.07) is 5.60. The van der Waals surface area contributed by atoms with E-state index in [1.54, 1.807) is 0 Å². The van der Waals surface area contributed by atoms with Crippen molar-refractivity contribution in [2.24, 2.45) is 0 Å². The van der Waals surface area contributed by atoms with E-state index < -0.39 is 39.5 Å². The lowest BCUT2D eigenvalue weighted by Crippen LogP contribution is -2.43. The van der Waals surface area contributed by atoms with E-state index in [2.05, 4.69) is 10.6 Å². The maximum Gasteiger partial charge on any atom is 0.417 e. The molecule has 0 heterocycles. The Morgan fingerprint density at radius 1 is 1.12 bits per heavy atom. The van der Waals surface area contributed by atoms with Crippen LogP contribution in [0.1, 0.15) is 12.5 Å². The van der Waals surface area contributed by atoms with Gasteiger partial charge in [0.05, 0.1) is 38.8 Å². The molecule has 1 atom stereocenters. The van der Waals surface area contributed by atoms with Gasteiger partial charge in [0.15, 0.2) is 0 Å². The van der Waals surface area contributed by atoms with E-state index in [1.165, 1.54) is 37.1 Å². The highest BCUT2D eigenvalue weighted by molar-refractivity contribution is 6.33. The zero-order valence-electron chi connectivity index (χ0n) is 16.7. The standard InChI is InChI=1S/C19H17Cl2F3N4O4/c1-10(18(30)26-16-8-12(28(31)32)4-6-15(16)21)27(2)9-17(29)25-11-3-5-14(20)13(7-11)19(22,23)24/h3-8,10H,9H2,1-2H3,(H,25,29)(H,26,30)/t10-/m1/s1. The predicted octanol–water partition coefficient (Wildman–Crippen LogP) is 4.82. The fraction of sp³-hybridized carbons (Fsp3) is 0.263. The highest BCUT2D eigenvalue weighted by Gasteiger charge is 2.33. The second-order valence-corrected chi connectivity index (χ2v) is 7.56. The van der Waals surface area contributed by atoms with Crippen LogP contribution in [-0.2, 0) is 15.8 Å². The van der Waals surface area contributed by atoms with E-state index in [0.29, 0.717) is 6.07 Å². The molecule has 2 aromatic carbocycles. The first kappa shape index (κ1) is 25.4. The van der Waals surface area contributed by atoms with Crippen LogP contribution in [0.2, 0.25) is 10.0 Å². The lowest BCUT2D eigenvalue weighted by molar-refractivity contribution is -0.384. The summed E-state index contributed by atoms with van der Waals surface area (Å²) in [6.45, 7) is 1.14. The van der Waals surface area contributed by atoms with Crippen LogP contribution in [0.15, 0.2) is 36.4 Å². The molecule has 2 rings (SSSR count). The molecule has 0 fully saturated rings. The number of nitro benzene ring substituents is 1. The smallest absolute Gasteiger partial charge is 0.325 e. The van der Waals surface area contributed by atoms with Crippen LogP contribution in [0.25, 0.3) is 0 Å². The monoisotopic (exact) mass is 492 g/mol. The summed E-state index contributed by atoms with van der Waals surface area (Å²) in [6.07, 6.45) is -4.69. The molecule has 0 aliphatic heterocycles. The number of nitrogens with one attached hydrogen (secondary N) is 2. The van der Waals surface area contributed by atoms with Crippen molar-refractivity contribution >= 4 is 52.1 Å². The molecule has 32 heavy (non-hydrogen) atoms. The maximum absolute atomic E-state index is 13.0. The average molecular weight is 493 g/mol. The van der Waals surface area contributed by atoms with Crippen LogP contribution < -0.4 is 10.6 Å². The van der Waals surface area contributed by atoms with Gasteiger partial charge < -0.3 is 10.6 Å². The first-order valence-electron chi connectivity index (χ1n) is 8.91. The van der Waals surface area contributed by atoms with Gasteiger partial charge in [-0.3, -0.25) is 24.6 Å². The van der Waals surface area contributed by atoms with Gasteiger partial charge in [0, 0.05) is 17.8 Å². The second-order valence-electron chi connectivity index (χ2n) is 6.74. The number of nitro groups is 1. The number of nitrogens with zero attached hydrogens (tertiary/aromatic N) is 2.